The maximum atomic E-state index is 11.9. The van der Waals surface area contributed by atoms with E-state index < -0.39 is 33.4 Å². The Morgan fingerprint density at radius 3 is 2.40 bits per heavy atom. The van der Waals surface area contributed by atoms with Gasteiger partial charge in [0.05, 0.1) is 12.0 Å². The molecule has 0 unspecified atom stereocenters. The molecule has 0 aromatic heterocycles. The van der Waals surface area contributed by atoms with Crippen molar-refractivity contribution in [1.29, 1.82) is 0 Å². The molecule has 0 aliphatic carbocycles. The zero-order chi connectivity index (χ0) is 15.2. The molecule has 0 bridgehead atoms. The van der Waals surface area contributed by atoms with Gasteiger partial charge in [0, 0.05) is 6.42 Å². The number of nitrogens with two attached hydrogens (primary N) is 1. The van der Waals surface area contributed by atoms with Crippen LogP contribution in [0.1, 0.15) is 12.8 Å². The highest BCUT2D eigenvalue weighted by atomic mass is 32.2. The van der Waals surface area contributed by atoms with Gasteiger partial charge in [0.2, 0.25) is 0 Å². The van der Waals surface area contributed by atoms with E-state index in [2.05, 4.69) is 4.74 Å². The minimum atomic E-state index is -3.64. The standard InChI is InChI=1S/C13H17NO5S/c1-19-13(16)12(14)8-7-10(15)9-20(17,18)11-5-3-2-4-6-11/h2-6,12H,7-9,14H2,1H3/t12-/m0/s1. The summed E-state index contributed by atoms with van der Waals surface area (Å²) in [5.74, 6) is -1.69. The zero-order valence-electron chi connectivity index (χ0n) is 11.1. The molecule has 1 aromatic carbocycles. The van der Waals surface area contributed by atoms with Crippen molar-refractivity contribution >= 4 is 21.6 Å². The van der Waals surface area contributed by atoms with Crippen LogP contribution in [0.2, 0.25) is 0 Å². The van der Waals surface area contributed by atoms with Gasteiger partial charge in [0.25, 0.3) is 0 Å². The normalized spacial score (nSPS) is 12.7. The molecule has 0 saturated carbocycles. The fourth-order valence-corrected chi connectivity index (χ4v) is 2.89. The Bertz CT molecular complexity index is 568. The second kappa shape index (κ2) is 7.16. The van der Waals surface area contributed by atoms with Crippen molar-refractivity contribution in [3.8, 4) is 0 Å². The predicted octanol–water partition coefficient (Wildman–Crippen LogP) is 0.310. The van der Waals surface area contributed by atoms with Crippen molar-refractivity contribution in [3.05, 3.63) is 30.3 Å². The van der Waals surface area contributed by atoms with Crippen LogP contribution in [0, 0.1) is 0 Å². The summed E-state index contributed by atoms with van der Waals surface area (Å²) in [5.41, 5.74) is 5.47. The molecule has 7 heteroatoms. The third-order valence-corrected chi connectivity index (χ3v) is 4.38. The predicted molar refractivity (Wildman–Crippen MR) is 72.7 cm³/mol. The first-order chi connectivity index (χ1) is 9.36. The summed E-state index contributed by atoms with van der Waals surface area (Å²) in [7, 11) is -2.44. The molecule has 0 fully saturated rings. The summed E-state index contributed by atoms with van der Waals surface area (Å²) < 4.78 is 28.3. The lowest BCUT2D eigenvalue weighted by Gasteiger charge is -2.08. The van der Waals surface area contributed by atoms with Crippen molar-refractivity contribution < 1.29 is 22.7 Å². The third-order valence-electron chi connectivity index (χ3n) is 2.69. The second-order valence-corrected chi connectivity index (χ2v) is 6.27. The summed E-state index contributed by atoms with van der Waals surface area (Å²) in [5, 5.41) is 0. The fraction of sp³-hybridized carbons (Fsp3) is 0.385. The van der Waals surface area contributed by atoms with Gasteiger partial charge < -0.3 is 10.5 Å². The van der Waals surface area contributed by atoms with Crippen LogP contribution in [0.5, 0.6) is 0 Å². The van der Waals surface area contributed by atoms with Crippen LogP contribution < -0.4 is 5.73 Å². The molecular formula is C13H17NO5S. The number of rotatable bonds is 7. The lowest BCUT2D eigenvalue weighted by molar-refractivity contribution is -0.142. The number of esters is 1. The Labute approximate surface area is 117 Å². The quantitative estimate of drug-likeness (QED) is 0.727. The highest BCUT2D eigenvalue weighted by Gasteiger charge is 2.21. The number of carbonyl (C=O) groups excluding carboxylic acids is 2. The van der Waals surface area contributed by atoms with Crippen molar-refractivity contribution in [2.45, 2.75) is 23.8 Å². The van der Waals surface area contributed by atoms with Crippen LogP contribution in [0.25, 0.3) is 0 Å². The molecule has 0 saturated heterocycles. The van der Waals surface area contributed by atoms with E-state index in [9.17, 15) is 18.0 Å². The van der Waals surface area contributed by atoms with Crippen molar-refractivity contribution in [2.24, 2.45) is 5.73 Å². The molecule has 110 valence electrons. The number of ketones is 1. The second-order valence-electron chi connectivity index (χ2n) is 4.28. The van der Waals surface area contributed by atoms with E-state index in [0.29, 0.717) is 0 Å². The smallest absolute Gasteiger partial charge is 0.322 e. The highest BCUT2D eigenvalue weighted by Crippen LogP contribution is 2.11. The van der Waals surface area contributed by atoms with Crippen LogP contribution in [0.3, 0.4) is 0 Å². The number of hydrogen-bond acceptors (Lipinski definition) is 6. The number of methoxy groups -OCH3 is 1. The van der Waals surface area contributed by atoms with Crippen molar-refractivity contribution in [2.75, 3.05) is 12.9 Å². The van der Waals surface area contributed by atoms with Gasteiger partial charge in [-0.1, -0.05) is 18.2 Å². The van der Waals surface area contributed by atoms with Gasteiger partial charge in [-0.2, -0.15) is 0 Å². The SMILES string of the molecule is COC(=O)[C@@H](N)CCC(=O)CS(=O)(=O)c1ccccc1. The molecule has 6 nitrogen and oxygen atoms in total. The maximum Gasteiger partial charge on any atom is 0.322 e. The van der Waals surface area contributed by atoms with E-state index in [0.717, 1.165) is 0 Å². The molecule has 1 rings (SSSR count). The first kappa shape index (κ1) is 16.3. The molecule has 0 amide bonds. The molecule has 0 heterocycles. The molecule has 0 aliphatic rings. The van der Waals surface area contributed by atoms with Gasteiger partial charge in [0.15, 0.2) is 9.84 Å². The fourth-order valence-electron chi connectivity index (χ4n) is 1.58. The number of hydrogen-bond donors (Lipinski definition) is 1. The van der Waals surface area contributed by atoms with Gasteiger partial charge in [-0.25, -0.2) is 8.42 Å². The van der Waals surface area contributed by atoms with Gasteiger partial charge in [-0.05, 0) is 18.6 Å². The van der Waals surface area contributed by atoms with E-state index in [1.807, 2.05) is 0 Å². The Hall–Kier alpha value is -1.73. The average molecular weight is 299 g/mol. The maximum absolute atomic E-state index is 11.9. The lowest BCUT2D eigenvalue weighted by Crippen LogP contribution is -2.32. The molecule has 2 N–H and O–H groups in total. The summed E-state index contributed by atoms with van der Waals surface area (Å²) in [6, 6.07) is 6.82. The van der Waals surface area contributed by atoms with Crippen molar-refractivity contribution in [1.82, 2.24) is 0 Å². The van der Waals surface area contributed by atoms with Gasteiger partial charge in [-0.3, -0.25) is 9.59 Å². The van der Waals surface area contributed by atoms with Crippen LogP contribution in [-0.4, -0.2) is 39.1 Å². The van der Waals surface area contributed by atoms with Crippen LogP contribution in [0.15, 0.2) is 35.2 Å². The Morgan fingerprint density at radius 2 is 1.85 bits per heavy atom. The Balaban J connectivity index is 2.57. The van der Waals surface area contributed by atoms with Crippen LogP contribution in [0.4, 0.5) is 0 Å². The molecular weight excluding hydrogens is 282 g/mol. The molecule has 1 aromatic rings. The number of carbonyl (C=O) groups is 2. The van der Waals surface area contributed by atoms with Crippen LogP contribution in [-0.2, 0) is 24.2 Å². The van der Waals surface area contributed by atoms with Gasteiger partial charge in [-0.15, -0.1) is 0 Å². The van der Waals surface area contributed by atoms with E-state index >= 15 is 0 Å². The monoisotopic (exact) mass is 299 g/mol. The zero-order valence-corrected chi connectivity index (χ0v) is 11.9. The molecule has 0 aliphatic heterocycles. The third kappa shape index (κ3) is 4.75. The minimum absolute atomic E-state index is 0.0653. The average Bonchev–Trinajstić information content (AvgIpc) is 2.44. The number of sulfone groups is 1. The summed E-state index contributed by atoms with van der Waals surface area (Å²) in [4.78, 5) is 22.8. The van der Waals surface area contributed by atoms with E-state index in [-0.39, 0.29) is 17.7 Å². The van der Waals surface area contributed by atoms with E-state index in [4.69, 9.17) is 5.73 Å². The largest absolute Gasteiger partial charge is 0.468 e. The highest BCUT2D eigenvalue weighted by molar-refractivity contribution is 7.92. The summed E-state index contributed by atoms with van der Waals surface area (Å²) in [6.07, 6.45) is -0.0157. The van der Waals surface area contributed by atoms with E-state index in [1.165, 1.54) is 19.2 Å². The van der Waals surface area contributed by atoms with Gasteiger partial charge >= 0.3 is 5.97 Å². The Morgan fingerprint density at radius 1 is 1.25 bits per heavy atom. The molecule has 1 atom stereocenters. The number of Topliss-reactive ketones (excluding diaryl/α,β-unsaturated/α-hetero) is 1. The molecule has 0 radical (unpaired) electrons. The topological polar surface area (TPSA) is 104 Å². The summed E-state index contributed by atoms with van der Waals surface area (Å²) in [6.45, 7) is 0. The number of benzene rings is 1. The molecule has 20 heavy (non-hydrogen) atoms. The van der Waals surface area contributed by atoms with E-state index in [1.54, 1.807) is 18.2 Å². The van der Waals surface area contributed by atoms with Gasteiger partial charge in [0.1, 0.15) is 17.6 Å². The first-order valence-corrected chi connectivity index (χ1v) is 7.65. The Kier molecular flexibility index (Phi) is 5.84. The van der Waals surface area contributed by atoms with Crippen LogP contribution >= 0.6 is 0 Å². The minimum Gasteiger partial charge on any atom is -0.468 e. The number of ether oxygens (including phenoxy) is 1. The first-order valence-electron chi connectivity index (χ1n) is 5.99. The van der Waals surface area contributed by atoms with Crippen molar-refractivity contribution in [3.63, 3.8) is 0 Å². The lowest BCUT2D eigenvalue weighted by atomic mass is 10.1. The summed E-state index contributed by atoms with van der Waals surface area (Å²) >= 11 is 0. The molecule has 0 spiro atoms.